The van der Waals surface area contributed by atoms with Crippen LogP contribution in [0.4, 0.5) is 5.69 Å². The molecule has 0 radical (unpaired) electrons. The summed E-state index contributed by atoms with van der Waals surface area (Å²) in [7, 11) is 0. The summed E-state index contributed by atoms with van der Waals surface area (Å²) in [5, 5.41) is 3.52. The van der Waals surface area contributed by atoms with Crippen LogP contribution in [0.15, 0.2) is 24.5 Å². The van der Waals surface area contributed by atoms with Crippen molar-refractivity contribution >= 4 is 23.0 Å². The van der Waals surface area contributed by atoms with Crippen molar-refractivity contribution in [1.29, 1.82) is 0 Å². The maximum absolute atomic E-state index is 11.1. The molecule has 1 aromatic heterocycles. The zero-order chi connectivity index (χ0) is 14.1. The molecule has 104 valence electrons. The maximum atomic E-state index is 11.1. The fourth-order valence-electron chi connectivity index (χ4n) is 2.94. The van der Waals surface area contributed by atoms with E-state index in [4.69, 9.17) is 0 Å². The second-order valence-electron chi connectivity index (χ2n) is 5.42. The average molecular weight is 270 g/mol. The molecule has 5 nitrogen and oxygen atoms in total. The second-order valence-corrected chi connectivity index (χ2v) is 5.42. The molecule has 2 atom stereocenters. The van der Waals surface area contributed by atoms with Gasteiger partial charge in [0.1, 0.15) is 11.0 Å². The van der Waals surface area contributed by atoms with Gasteiger partial charge in [-0.25, -0.2) is 0 Å². The van der Waals surface area contributed by atoms with Crippen molar-refractivity contribution in [2.45, 2.75) is 25.9 Å². The van der Waals surface area contributed by atoms with Crippen LogP contribution in [0.3, 0.4) is 0 Å². The Bertz CT molecular complexity index is 633. The Morgan fingerprint density at radius 1 is 1.15 bits per heavy atom. The van der Waals surface area contributed by atoms with Gasteiger partial charge in [-0.2, -0.15) is 0 Å². The first kappa shape index (κ1) is 13.0. The Hall–Kier alpha value is -2.01. The van der Waals surface area contributed by atoms with Crippen molar-refractivity contribution in [2.24, 2.45) is 0 Å². The fraction of sp³-hybridized carbons (Fsp3) is 0.400. The van der Waals surface area contributed by atoms with Crippen molar-refractivity contribution in [2.75, 3.05) is 18.0 Å². The third-order valence-corrected chi connectivity index (χ3v) is 3.66. The van der Waals surface area contributed by atoms with Crippen LogP contribution in [-0.2, 0) is 0 Å². The van der Waals surface area contributed by atoms with Gasteiger partial charge in [0.2, 0.25) is 0 Å². The highest BCUT2D eigenvalue weighted by atomic mass is 16.1. The summed E-state index contributed by atoms with van der Waals surface area (Å²) in [5.41, 5.74) is 3.13. The Labute approximate surface area is 118 Å². The lowest BCUT2D eigenvalue weighted by atomic mass is 10.1. The SMILES string of the molecule is CC1CN(c2ccc(C=O)c3nccnc23)CC(C)N1. The average Bonchev–Trinajstić information content (AvgIpc) is 2.45. The van der Waals surface area contributed by atoms with E-state index in [1.165, 1.54) is 0 Å². The Balaban J connectivity index is 2.10. The number of aldehydes is 1. The summed E-state index contributed by atoms with van der Waals surface area (Å²) in [6.07, 6.45) is 4.14. The third-order valence-electron chi connectivity index (χ3n) is 3.66. The minimum absolute atomic E-state index is 0.427. The summed E-state index contributed by atoms with van der Waals surface area (Å²) in [5.74, 6) is 0. The molecule has 0 bridgehead atoms. The maximum Gasteiger partial charge on any atom is 0.152 e. The van der Waals surface area contributed by atoms with E-state index in [0.29, 0.717) is 23.2 Å². The number of piperazine rings is 1. The minimum Gasteiger partial charge on any atom is -0.367 e. The number of benzene rings is 1. The highest BCUT2D eigenvalue weighted by molar-refractivity contribution is 5.99. The number of fused-ring (bicyclic) bond motifs is 1. The van der Waals surface area contributed by atoms with Crippen LogP contribution < -0.4 is 10.2 Å². The lowest BCUT2D eigenvalue weighted by Crippen LogP contribution is -2.54. The van der Waals surface area contributed by atoms with E-state index in [-0.39, 0.29) is 0 Å². The summed E-state index contributed by atoms with van der Waals surface area (Å²) in [6.45, 7) is 6.21. The number of carbonyl (C=O) groups is 1. The highest BCUT2D eigenvalue weighted by Gasteiger charge is 2.23. The lowest BCUT2D eigenvalue weighted by molar-refractivity contribution is 0.112. The molecule has 5 heteroatoms. The largest absolute Gasteiger partial charge is 0.367 e. The van der Waals surface area contributed by atoms with Gasteiger partial charge in [-0.3, -0.25) is 14.8 Å². The van der Waals surface area contributed by atoms with Crippen LogP contribution in [-0.4, -0.2) is 41.4 Å². The molecular formula is C15H18N4O. The van der Waals surface area contributed by atoms with Gasteiger partial charge in [0.05, 0.1) is 5.69 Å². The molecule has 0 spiro atoms. The Morgan fingerprint density at radius 2 is 1.80 bits per heavy atom. The van der Waals surface area contributed by atoms with Crippen LogP contribution in [0.25, 0.3) is 11.0 Å². The molecule has 0 saturated carbocycles. The fourth-order valence-corrected chi connectivity index (χ4v) is 2.94. The molecule has 3 rings (SSSR count). The van der Waals surface area contributed by atoms with Crippen LogP contribution in [0.2, 0.25) is 0 Å². The Kier molecular flexibility index (Phi) is 3.36. The van der Waals surface area contributed by atoms with E-state index in [9.17, 15) is 4.79 Å². The van der Waals surface area contributed by atoms with Gasteiger partial charge in [-0.1, -0.05) is 0 Å². The molecular weight excluding hydrogens is 252 g/mol. The van der Waals surface area contributed by atoms with Crippen LogP contribution in [0.5, 0.6) is 0 Å². The lowest BCUT2D eigenvalue weighted by Gasteiger charge is -2.37. The third kappa shape index (κ3) is 2.25. The molecule has 20 heavy (non-hydrogen) atoms. The van der Waals surface area contributed by atoms with E-state index in [1.807, 2.05) is 12.1 Å². The van der Waals surface area contributed by atoms with Crippen LogP contribution in [0.1, 0.15) is 24.2 Å². The first-order chi connectivity index (χ1) is 9.69. The van der Waals surface area contributed by atoms with Crippen molar-refractivity contribution in [3.8, 4) is 0 Å². The Morgan fingerprint density at radius 3 is 2.45 bits per heavy atom. The van der Waals surface area contributed by atoms with Crippen LogP contribution >= 0.6 is 0 Å². The predicted molar refractivity (Wildman–Crippen MR) is 79.2 cm³/mol. The van der Waals surface area contributed by atoms with Crippen LogP contribution in [0, 0.1) is 0 Å². The first-order valence-electron chi connectivity index (χ1n) is 6.89. The molecule has 1 N–H and O–H groups in total. The van der Waals surface area contributed by atoms with Gasteiger partial charge in [0, 0.05) is 43.1 Å². The van der Waals surface area contributed by atoms with E-state index in [2.05, 4.69) is 34.0 Å². The van der Waals surface area contributed by atoms with Gasteiger partial charge in [0.25, 0.3) is 0 Å². The van der Waals surface area contributed by atoms with E-state index in [1.54, 1.807) is 12.4 Å². The molecule has 1 fully saturated rings. The number of aromatic nitrogens is 2. The quantitative estimate of drug-likeness (QED) is 0.841. The summed E-state index contributed by atoms with van der Waals surface area (Å²) >= 11 is 0. The molecule has 0 aliphatic carbocycles. The minimum atomic E-state index is 0.427. The zero-order valence-electron chi connectivity index (χ0n) is 11.7. The van der Waals surface area contributed by atoms with E-state index >= 15 is 0 Å². The smallest absolute Gasteiger partial charge is 0.152 e. The monoisotopic (exact) mass is 270 g/mol. The van der Waals surface area contributed by atoms with Gasteiger partial charge in [0.15, 0.2) is 6.29 Å². The second kappa shape index (κ2) is 5.17. The topological polar surface area (TPSA) is 58.1 Å². The molecule has 1 aliphatic rings. The predicted octanol–water partition coefficient (Wildman–Crippen LogP) is 1.63. The van der Waals surface area contributed by atoms with Gasteiger partial charge in [-0.15, -0.1) is 0 Å². The number of nitrogens with one attached hydrogen (secondary N) is 1. The zero-order valence-corrected chi connectivity index (χ0v) is 11.7. The van der Waals surface area contributed by atoms with E-state index < -0.39 is 0 Å². The van der Waals surface area contributed by atoms with E-state index in [0.717, 1.165) is 30.6 Å². The number of nitrogens with zero attached hydrogens (tertiary/aromatic N) is 3. The number of carbonyl (C=O) groups excluding carboxylic acids is 1. The molecule has 2 unspecified atom stereocenters. The number of anilines is 1. The number of hydrogen-bond donors (Lipinski definition) is 1. The van der Waals surface area contributed by atoms with Crippen molar-refractivity contribution in [3.63, 3.8) is 0 Å². The summed E-state index contributed by atoms with van der Waals surface area (Å²) in [4.78, 5) is 22.2. The van der Waals surface area contributed by atoms with Crippen molar-refractivity contribution in [1.82, 2.24) is 15.3 Å². The van der Waals surface area contributed by atoms with Gasteiger partial charge in [-0.05, 0) is 26.0 Å². The summed E-state index contributed by atoms with van der Waals surface area (Å²) in [6, 6.07) is 4.66. The first-order valence-corrected chi connectivity index (χ1v) is 6.89. The standard InChI is InChI=1S/C15H18N4O/c1-10-7-19(8-11(2)18-10)13-4-3-12(9-20)14-15(13)17-6-5-16-14/h3-6,9-11,18H,7-8H2,1-2H3. The van der Waals surface area contributed by atoms with Gasteiger partial charge < -0.3 is 10.2 Å². The van der Waals surface area contributed by atoms with Gasteiger partial charge >= 0.3 is 0 Å². The highest BCUT2D eigenvalue weighted by Crippen LogP contribution is 2.27. The molecule has 2 heterocycles. The number of rotatable bonds is 2. The number of hydrogen-bond acceptors (Lipinski definition) is 5. The molecule has 0 amide bonds. The van der Waals surface area contributed by atoms with Crippen molar-refractivity contribution in [3.05, 3.63) is 30.1 Å². The molecule has 1 aliphatic heterocycles. The summed E-state index contributed by atoms with van der Waals surface area (Å²) < 4.78 is 0. The molecule has 1 saturated heterocycles. The van der Waals surface area contributed by atoms with Crippen molar-refractivity contribution < 1.29 is 4.79 Å². The normalized spacial score (nSPS) is 23.0. The molecule has 2 aromatic rings. The molecule has 1 aromatic carbocycles.